The van der Waals surface area contributed by atoms with Crippen molar-refractivity contribution in [1.29, 1.82) is 0 Å². The van der Waals surface area contributed by atoms with Gasteiger partial charge in [-0.3, -0.25) is 4.79 Å². The lowest BCUT2D eigenvalue weighted by molar-refractivity contribution is 0.100. The van der Waals surface area contributed by atoms with Gasteiger partial charge in [-0.2, -0.15) is 0 Å². The summed E-state index contributed by atoms with van der Waals surface area (Å²) in [5.74, 6) is 0.805. The summed E-state index contributed by atoms with van der Waals surface area (Å²) >= 11 is 0. The number of nitrogens with zero attached hydrogens (tertiary/aromatic N) is 1. The highest BCUT2D eigenvalue weighted by atomic mass is 16.1. The number of carbonyl (C=O) groups excluding carboxylic acids is 1. The van der Waals surface area contributed by atoms with Crippen molar-refractivity contribution in [3.8, 4) is 0 Å². The quantitative estimate of drug-likeness (QED) is 0.717. The largest absolute Gasteiger partial charge is 0.366 e. The van der Waals surface area contributed by atoms with Gasteiger partial charge in [0.05, 0.1) is 5.52 Å². The molecule has 1 saturated carbocycles. The summed E-state index contributed by atoms with van der Waals surface area (Å²) in [7, 11) is 0. The summed E-state index contributed by atoms with van der Waals surface area (Å²) in [5, 5.41) is 1.98. The molecule has 3 nitrogen and oxygen atoms in total. The molecule has 2 N–H and O–H groups in total. The Bertz CT molecular complexity index is 945. The number of amides is 1. The monoisotopic (exact) mass is 333 g/mol. The number of benzene rings is 2. The molecule has 1 amide bonds. The number of hydrogen-bond donors (Lipinski definition) is 1. The van der Waals surface area contributed by atoms with E-state index in [1.807, 2.05) is 12.1 Å². The Balaban J connectivity index is 2.01. The molecule has 0 saturated heterocycles. The molecule has 0 spiro atoms. The van der Waals surface area contributed by atoms with Crippen LogP contribution in [-0.2, 0) is 6.54 Å². The Morgan fingerprint density at radius 2 is 2.04 bits per heavy atom. The van der Waals surface area contributed by atoms with E-state index >= 15 is 0 Å². The van der Waals surface area contributed by atoms with Gasteiger partial charge < -0.3 is 10.3 Å². The molecule has 3 heteroatoms. The maximum Gasteiger partial charge on any atom is 0.249 e. The predicted octanol–water partition coefficient (Wildman–Crippen LogP) is 5.01. The highest BCUT2D eigenvalue weighted by molar-refractivity contribution is 6.17. The summed E-state index contributed by atoms with van der Waals surface area (Å²) in [6.07, 6.45) is 5.25. The molecule has 1 aliphatic rings. The molecule has 2 aromatic carbocycles. The molecule has 1 aromatic heterocycles. The third kappa shape index (κ3) is 2.72. The number of aromatic nitrogens is 1. The molecule has 25 heavy (non-hydrogen) atoms. The van der Waals surface area contributed by atoms with Crippen molar-refractivity contribution in [3.63, 3.8) is 0 Å². The second-order valence-corrected chi connectivity index (χ2v) is 7.67. The van der Waals surface area contributed by atoms with Crippen LogP contribution in [0.1, 0.15) is 61.4 Å². The summed E-state index contributed by atoms with van der Waals surface area (Å²) in [5.41, 5.74) is 9.83. The first kappa shape index (κ1) is 16.2. The van der Waals surface area contributed by atoms with Gasteiger partial charge in [-0.15, -0.1) is 0 Å². The number of carbonyl (C=O) groups is 1. The third-order valence-corrected chi connectivity index (χ3v) is 5.66. The zero-order chi connectivity index (χ0) is 17.6. The second-order valence-electron chi connectivity index (χ2n) is 7.67. The van der Waals surface area contributed by atoms with Crippen LogP contribution in [0.25, 0.3) is 21.8 Å². The summed E-state index contributed by atoms with van der Waals surface area (Å²) in [4.78, 5) is 12.0. The van der Waals surface area contributed by atoms with E-state index in [0.717, 1.165) is 28.8 Å². The molecular weight excluding hydrogens is 308 g/mol. The number of nitrogens with two attached hydrogens (primary N) is 1. The zero-order valence-corrected chi connectivity index (χ0v) is 15.0. The molecule has 0 aliphatic heterocycles. The van der Waals surface area contributed by atoms with Crippen molar-refractivity contribution in [2.75, 3.05) is 0 Å². The Morgan fingerprint density at radius 3 is 2.72 bits per heavy atom. The fourth-order valence-corrected chi connectivity index (χ4v) is 4.26. The van der Waals surface area contributed by atoms with Crippen LogP contribution >= 0.6 is 0 Å². The van der Waals surface area contributed by atoms with Crippen molar-refractivity contribution in [1.82, 2.24) is 4.57 Å². The maximum atomic E-state index is 12.0. The van der Waals surface area contributed by atoms with E-state index in [9.17, 15) is 4.79 Å². The van der Waals surface area contributed by atoms with E-state index in [4.69, 9.17) is 5.73 Å². The van der Waals surface area contributed by atoms with E-state index in [1.54, 1.807) is 0 Å². The normalized spacial score (nSPS) is 15.6. The standard InChI is InChI=1S/C22H25N2O/c1-14(2)16-10-11-17-20(12-16)24(13-15-6-3-4-7-15)19-9-5-8-18(21(17)19)22(23)25/h5,8-10,12,14-15H,3-4,6-7,13H2,1-2H3,(H2,23,25). The lowest BCUT2D eigenvalue weighted by atomic mass is 10.00. The van der Waals surface area contributed by atoms with Crippen LogP contribution in [-0.4, -0.2) is 10.5 Å². The van der Waals surface area contributed by atoms with Crippen molar-refractivity contribution < 1.29 is 4.79 Å². The molecule has 1 aliphatic carbocycles. The topological polar surface area (TPSA) is 48.0 Å². The van der Waals surface area contributed by atoms with Gasteiger partial charge in [-0.05, 0) is 54.5 Å². The minimum atomic E-state index is -0.369. The highest BCUT2D eigenvalue weighted by Crippen LogP contribution is 2.35. The Labute approximate surface area is 148 Å². The maximum absolute atomic E-state index is 12.0. The smallest absolute Gasteiger partial charge is 0.249 e. The SMILES string of the molecule is CC(C)c1c[c]c2c3c(C(N)=O)cccc3n(CC3CCCC3)c2c1. The number of fused-ring (bicyclic) bond motifs is 3. The minimum Gasteiger partial charge on any atom is -0.366 e. The van der Waals surface area contributed by atoms with E-state index in [1.165, 1.54) is 36.8 Å². The van der Waals surface area contributed by atoms with Crippen LogP contribution in [0.5, 0.6) is 0 Å². The van der Waals surface area contributed by atoms with E-state index in [0.29, 0.717) is 11.5 Å². The van der Waals surface area contributed by atoms with Gasteiger partial charge in [0.15, 0.2) is 0 Å². The number of rotatable bonds is 4. The molecule has 3 aromatic rings. The molecule has 1 fully saturated rings. The number of hydrogen-bond acceptors (Lipinski definition) is 1. The number of primary amides is 1. The summed E-state index contributed by atoms with van der Waals surface area (Å²) in [6.45, 7) is 5.42. The van der Waals surface area contributed by atoms with Gasteiger partial charge >= 0.3 is 0 Å². The van der Waals surface area contributed by atoms with Gasteiger partial charge in [0.2, 0.25) is 5.91 Å². The van der Waals surface area contributed by atoms with Crippen LogP contribution in [0, 0.1) is 12.0 Å². The van der Waals surface area contributed by atoms with Crippen LogP contribution in [0.3, 0.4) is 0 Å². The fourth-order valence-electron chi connectivity index (χ4n) is 4.26. The third-order valence-electron chi connectivity index (χ3n) is 5.66. The Morgan fingerprint density at radius 1 is 1.28 bits per heavy atom. The van der Waals surface area contributed by atoms with Gasteiger partial charge in [0.25, 0.3) is 0 Å². The van der Waals surface area contributed by atoms with E-state index in [2.05, 4.69) is 42.7 Å². The van der Waals surface area contributed by atoms with Crippen LogP contribution in [0.2, 0.25) is 0 Å². The average Bonchev–Trinajstić information content (AvgIpc) is 3.21. The summed E-state index contributed by atoms with van der Waals surface area (Å²) in [6, 6.07) is 13.7. The highest BCUT2D eigenvalue weighted by Gasteiger charge is 2.21. The molecule has 0 bridgehead atoms. The first-order valence-electron chi connectivity index (χ1n) is 9.32. The lowest BCUT2D eigenvalue weighted by Crippen LogP contribution is -2.11. The van der Waals surface area contributed by atoms with E-state index in [-0.39, 0.29) is 5.91 Å². The Kier molecular flexibility index (Phi) is 4.03. The summed E-state index contributed by atoms with van der Waals surface area (Å²) < 4.78 is 2.40. The molecule has 4 rings (SSSR count). The van der Waals surface area contributed by atoms with Crippen molar-refractivity contribution >= 4 is 27.7 Å². The molecule has 0 unspecified atom stereocenters. The fraction of sp³-hybridized carbons (Fsp3) is 0.409. The van der Waals surface area contributed by atoms with Crippen molar-refractivity contribution in [2.24, 2.45) is 11.7 Å². The van der Waals surface area contributed by atoms with Crippen LogP contribution in [0.4, 0.5) is 0 Å². The Hall–Kier alpha value is -2.29. The molecule has 129 valence electrons. The molecule has 1 radical (unpaired) electrons. The van der Waals surface area contributed by atoms with Gasteiger partial charge in [-0.1, -0.05) is 38.8 Å². The van der Waals surface area contributed by atoms with Crippen LogP contribution < -0.4 is 5.73 Å². The molecular formula is C22H25N2O. The van der Waals surface area contributed by atoms with Crippen molar-refractivity contribution in [2.45, 2.75) is 52.0 Å². The van der Waals surface area contributed by atoms with Crippen molar-refractivity contribution in [3.05, 3.63) is 47.5 Å². The minimum absolute atomic E-state index is 0.369. The average molecular weight is 333 g/mol. The first-order valence-corrected chi connectivity index (χ1v) is 9.32. The predicted molar refractivity (Wildman–Crippen MR) is 103 cm³/mol. The van der Waals surface area contributed by atoms with Crippen LogP contribution in [0.15, 0.2) is 30.3 Å². The zero-order valence-electron chi connectivity index (χ0n) is 15.0. The van der Waals surface area contributed by atoms with Gasteiger partial charge in [0.1, 0.15) is 0 Å². The van der Waals surface area contributed by atoms with E-state index < -0.39 is 0 Å². The lowest BCUT2D eigenvalue weighted by Gasteiger charge is -2.14. The van der Waals surface area contributed by atoms with Gasteiger partial charge in [-0.25, -0.2) is 0 Å². The van der Waals surface area contributed by atoms with Gasteiger partial charge in [0, 0.05) is 28.4 Å². The second kappa shape index (κ2) is 6.21. The molecule has 0 atom stereocenters. The molecule has 1 heterocycles. The first-order chi connectivity index (χ1) is 12.1.